The summed E-state index contributed by atoms with van der Waals surface area (Å²) < 4.78 is 7.66. The molecule has 1 fully saturated rings. The zero-order valence-corrected chi connectivity index (χ0v) is 17.4. The maximum Gasteiger partial charge on any atom is 0.261 e. The number of carbonyl (C=O) groups is 1. The highest BCUT2D eigenvalue weighted by Crippen LogP contribution is 2.19. The van der Waals surface area contributed by atoms with Gasteiger partial charge in [-0.15, -0.1) is 0 Å². The third-order valence-electron chi connectivity index (χ3n) is 4.89. The second kappa shape index (κ2) is 8.75. The van der Waals surface area contributed by atoms with Crippen LogP contribution in [0.3, 0.4) is 0 Å². The molecule has 7 nitrogen and oxygen atoms in total. The van der Waals surface area contributed by atoms with Gasteiger partial charge in [-0.1, -0.05) is 15.9 Å². The Morgan fingerprint density at radius 3 is 2.66 bits per heavy atom. The summed E-state index contributed by atoms with van der Waals surface area (Å²) in [5.74, 6) is -0.148. The molecule has 2 heterocycles. The van der Waals surface area contributed by atoms with E-state index >= 15 is 0 Å². The lowest BCUT2D eigenvalue weighted by Gasteiger charge is -2.28. The van der Waals surface area contributed by atoms with Crippen molar-refractivity contribution in [1.82, 2.24) is 9.55 Å². The standard InChI is InChI=1S/C21H21BrN4O3/c22-15-1-6-19-18(13-15)21(28)26(14-23-19)8-7-20(27)24-16-2-4-17(5-3-16)25-9-11-29-12-10-25/h1-6,13-14H,7-12H2,(H,24,27). The lowest BCUT2D eigenvalue weighted by atomic mass is 10.2. The van der Waals surface area contributed by atoms with Crippen molar-refractivity contribution >= 4 is 44.1 Å². The first-order valence-corrected chi connectivity index (χ1v) is 10.3. The second-order valence-electron chi connectivity index (χ2n) is 6.85. The third-order valence-corrected chi connectivity index (χ3v) is 5.39. The number of anilines is 2. The molecular weight excluding hydrogens is 436 g/mol. The fraction of sp³-hybridized carbons (Fsp3) is 0.286. The minimum Gasteiger partial charge on any atom is -0.378 e. The van der Waals surface area contributed by atoms with E-state index in [1.165, 1.54) is 10.9 Å². The van der Waals surface area contributed by atoms with Gasteiger partial charge < -0.3 is 15.0 Å². The van der Waals surface area contributed by atoms with Crippen molar-refractivity contribution in [2.24, 2.45) is 0 Å². The van der Waals surface area contributed by atoms with E-state index in [0.717, 1.165) is 42.2 Å². The Balaban J connectivity index is 1.37. The van der Waals surface area contributed by atoms with Crippen LogP contribution in [0.1, 0.15) is 6.42 Å². The average Bonchev–Trinajstić information content (AvgIpc) is 2.75. The number of amides is 1. The van der Waals surface area contributed by atoms with E-state index in [0.29, 0.717) is 10.9 Å². The van der Waals surface area contributed by atoms with E-state index in [1.807, 2.05) is 30.3 Å². The van der Waals surface area contributed by atoms with E-state index in [4.69, 9.17) is 4.74 Å². The van der Waals surface area contributed by atoms with Crippen LogP contribution in [0.4, 0.5) is 11.4 Å². The van der Waals surface area contributed by atoms with Gasteiger partial charge in [-0.25, -0.2) is 4.98 Å². The summed E-state index contributed by atoms with van der Waals surface area (Å²) >= 11 is 3.37. The first kappa shape index (κ1) is 19.6. The van der Waals surface area contributed by atoms with Crippen LogP contribution < -0.4 is 15.8 Å². The molecule has 1 aliphatic rings. The summed E-state index contributed by atoms with van der Waals surface area (Å²) in [4.78, 5) is 31.5. The molecule has 4 rings (SSSR count). The molecule has 1 N–H and O–H groups in total. The van der Waals surface area contributed by atoms with Gasteiger partial charge in [-0.2, -0.15) is 0 Å². The highest BCUT2D eigenvalue weighted by Gasteiger charge is 2.11. The Morgan fingerprint density at radius 2 is 1.90 bits per heavy atom. The van der Waals surface area contributed by atoms with Crippen LogP contribution in [0.25, 0.3) is 10.9 Å². The van der Waals surface area contributed by atoms with Crippen LogP contribution in [-0.4, -0.2) is 41.8 Å². The number of aryl methyl sites for hydroxylation is 1. The number of carbonyl (C=O) groups excluding carboxylic acids is 1. The normalized spacial score (nSPS) is 14.2. The molecular formula is C21H21BrN4O3. The number of ether oxygens (including phenoxy) is 1. The van der Waals surface area contributed by atoms with Crippen LogP contribution in [0, 0.1) is 0 Å². The van der Waals surface area contributed by atoms with E-state index in [1.54, 1.807) is 12.1 Å². The molecule has 0 spiro atoms. The summed E-state index contributed by atoms with van der Waals surface area (Å²) in [6, 6.07) is 13.2. The molecule has 0 bridgehead atoms. The summed E-state index contributed by atoms with van der Waals surface area (Å²) in [5.41, 5.74) is 2.34. The van der Waals surface area contributed by atoms with Gasteiger partial charge in [0.1, 0.15) is 0 Å². The highest BCUT2D eigenvalue weighted by molar-refractivity contribution is 9.10. The molecule has 1 aromatic heterocycles. The van der Waals surface area contributed by atoms with Gasteiger partial charge in [0.15, 0.2) is 0 Å². The quantitative estimate of drug-likeness (QED) is 0.638. The number of nitrogens with one attached hydrogen (secondary N) is 1. The lowest BCUT2D eigenvalue weighted by molar-refractivity contribution is -0.116. The van der Waals surface area contributed by atoms with Crippen molar-refractivity contribution in [2.75, 3.05) is 36.5 Å². The van der Waals surface area contributed by atoms with Crippen molar-refractivity contribution in [1.29, 1.82) is 0 Å². The third kappa shape index (κ3) is 4.65. The highest BCUT2D eigenvalue weighted by atomic mass is 79.9. The summed E-state index contributed by atoms with van der Waals surface area (Å²) in [7, 11) is 0. The summed E-state index contributed by atoms with van der Waals surface area (Å²) in [6.45, 7) is 3.48. The van der Waals surface area contributed by atoms with Crippen LogP contribution in [0.15, 0.2) is 58.1 Å². The number of benzene rings is 2. The van der Waals surface area contributed by atoms with Crippen LogP contribution >= 0.6 is 15.9 Å². The average molecular weight is 457 g/mol. The molecule has 0 radical (unpaired) electrons. The maximum atomic E-state index is 12.6. The zero-order chi connectivity index (χ0) is 20.2. The SMILES string of the molecule is O=C(CCn1cnc2ccc(Br)cc2c1=O)Nc1ccc(N2CCOCC2)cc1. The topological polar surface area (TPSA) is 76.5 Å². The number of hydrogen-bond acceptors (Lipinski definition) is 5. The van der Waals surface area contributed by atoms with Crippen molar-refractivity contribution in [2.45, 2.75) is 13.0 Å². The lowest BCUT2D eigenvalue weighted by Crippen LogP contribution is -2.36. The Hall–Kier alpha value is -2.71. The molecule has 1 saturated heterocycles. The number of rotatable bonds is 5. The second-order valence-corrected chi connectivity index (χ2v) is 7.76. The summed E-state index contributed by atoms with van der Waals surface area (Å²) in [5, 5.41) is 3.41. The van der Waals surface area contributed by atoms with E-state index < -0.39 is 0 Å². The fourth-order valence-electron chi connectivity index (χ4n) is 3.31. The molecule has 0 aliphatic carbocycles. The monoisotopic (exact) mass is 456 g/mol. The van der Waals surface area contributed by atoms with Crippen molar-refractivity contribution in [3.8, 4) is 0 Å². The largest absolute Gasteiger partial charge is 0.378 e. The Morgan fingerprint density at radius 1 is 1.14 bits per heavy atom. The molecule has 2 aromatic carbocycles. The van der Waals surface area contributed by atoms with Crippen molar-refractivity contribution in [3.05, 3.63) is 63.6 Å². The Kier molecular flexibility index (Phi) is 5.92. The van der Waals surface area contributed by atoms with Gasteiger partial charge in [0.2, 0.25) is 5.91 Å². The molecule has 150 valence electrons. The molecule has 8 heteroatoms. The van der Waals surface area contributed by atoms with E-state index in [2.05, 4.69) is 31.1 Å². The van der Waals surface area contributed by atoms with Gasteiger partial charge in [-0.3, -0.25) is 14.2 Å². The van der Waals surface area contributed by atoms with Crippen LogP contribution in [0.5, 0.6) is 0 Å². The molecule has 1 amide bonds. The summed E-state index contributed by atoms with van der Waals surface area (Å²) in [6.07, 6.45) is 1.68. The van der Waals surface area contributed by atoms with Crippen molar-refractivity contribution < 1.29 is 9.53 Å². The number of morpholine rings is 1. The number of hydrogen-bond donors (Lipinski definition) is 1. The molecule has 0 saturated carbocycles. The Labute approximate surface area is 176 Å². The molecule has 0 unspecified atom stereocenters. The van der Waals surface area contributed by atoms with Crippen LogP contribution in [0.2, 0.25) is 0 Å². The van der Waals surface area contributed by atoms with Gasteiger partial charge in [0, 0.05) is 41.9 Å². The Bertz CT molecular complexity index is 1080. The molecule has 3 aromatic rings. The molecule has 29 heavy (non-hydrogen) atoms. The minimum atomic E-state index is -0.154. The number of halogens is 1. The molecule has 0 atom stereocenters. The van der Waals surface area contributed by atoms with E-state index in [-0.39, 0.29) is 24.4 Å². The maximum absolute atomic E-state index is 12.6. The predicted octanol–water partition coefficient (Wildman–Crippen LogP) is 3.02. The van der Waals surface area contributed by atoms with Gasteiger partial charge in [0.05, 0.1) is 30.4 Å². The van der Waals surface area contributed by atoms with E-state index in [9.17, 15) is 9.59 Å². The first-order valence-electron chi connectivity index (χ1n) is 9.47. The minimum absolute atomic E-state index is 0.148. The van der Waals surface area contributed by atoms with Gasteiger partial charge in [0.25, 0.3) is 5.56 Å². The molecule has 1 aliphatic heterocycles. The van der Waals surface area contributed by atoms with Gasteiger partial charge >= 0.3 is 0 Å². The number of aromatic nitrogens is 2. The first-order chi connectivity index (χ1) is 14.1. The zero-order valence-electron chi connectivity index (χ0n) is 15.8. The fourth-order valence-corrected chi connectivity index (χ4v) is 3.67. The predicted molar refractivity (Wildman–Crippen MR) is 116 cm³/mol. The smallest absolute Gasteiger partial charge is 0.261 e. The number of fused-ring (bicyclic) bond motifs is 1. The van der Waals surface area contributed by atoms with Crippen LogP contribution in [-0.2, 0) is 16.1 Å². The van der Waals surface area contributed by atoms with Gasteiger partial charge in [-0.05, 0) is 42.5 Å². The number of nitrogens with zero attached hydrogens (tertiary/aromatic N) is 3. The van der Waals surface area contributed by atoms with Crippen molar-refractivity contribution in [3.63, 3.8) is 0 Å².